The van der Waals surface area contributed by atoms with Crippen molar-refractivity contribution < 1.29 is 0 Å². The Morgan fingerprint density at radius 1 is 0.754 bits per heavy atom. The Balaban J connectivity index is 1.14. The van der Waals surface area contributed by atoms with Crippen LogP contribution in [0.15, 0.2) is 205 Å². The van der Waals surface area contributed by atoms with Gasteiger partial charge in [0.1, 0.15) is 0 Å². The quantitative estimate of drug-likeness (QED) is 0.173. The van der Waals surface area contributed by atoms with Crippen LogP contribution < -0.4 is 5.32 Å². The number of para-hydroxylation sites is 2. The number of rotatable bonds is 5. The van der Waals surface area contributed by atoms with E-state index in [1.54, 1.807) is 6.08 Å². The number of allylic oxidation sites excluding steroid dienone is 8. The molecule has 61 heavy (non-hydrogen) atoms. The van der Waals surface area contributed by atoms with Crippen molar-refractivity contribution in [1.29, 1.82) is 0 Å². The van der Waals surface area contributed by atoms with Gasteiger partial charge in [0.25, 0.3) is 0 Å². The Morgan fingerprint density at radius 2 is 1.49 bits per heavy atom. The van der Waals surface area contributed by atoms with Crippen LogP contribution in [0.4, 0.5) is 0 Å². The van der Waals surface area contributed by atoms with Gasteiger partial charge < -0.3 is 9.88 Å². The van der Waals surface area contributed by atoms with Crippen molar-refractivity contribution >= 4 is 66.0 Å². The third kappa shape index (κ3) is 6.00. The Bertz CT molecular complexity index is 3350. The lowest BCUT2D eigenvalue weighted by Gasteiger charge is -2.31. The minimum absolute atomic E-state index is 0.0163. The van der Waals surface area contributed by atoms with Crippen molar-refractivity contribution in [2.24, 2.45) is 4.99 Å². The van der Waals surface area contributed by atoms with Crippen LogP contribution in [0.2, 0.25) is 0 Å². The van der Waals surface area contributed by atoms with Gasteiger partial charge in [0.15, 0.2) is 0 Å². The summed E-state index contributed by atoms with van der Waals surface area (Å²) in [7, 11) is 0. The lowest BCUT2D eigenvalue weighted by Crippen LogP contribution is -2.43. The first-order valence-corrected chi connectivity index (χ1v) is 21.6. The van der Waals surface area contributed by atoms with E-state index in [0.717, 1.165) is 70.7 Å². The molecule has 1 unspecified atom stereocenters. The molecule has 0 fully saturated rings. The summed E-state index contributed by atoms with van der Waals surface area (Å²) >= 11 is 0. The molecule has 11 rings (SSSR count). The third-order valence-electron chi connectivity index (χ3n) is 13.2. The number of nitrogens with one attached hydrogen (secondary N) is 1. The molecule has 6 aromatic carbocycles. The van der Waals surface area contributed by atoms with Crippen LogP contribution in [0.3, 0.4) is 0 Å². The maximum Gasteiger partial charge on any atom is 0.209 e. The topological polar surface area (TPSA) is 34.2 Å². The molecule has 0 amide bonds. The summed E-state index contributed by atoms with van der Waals surface area (Å²) < 4.78 is 4.67. The fourth-order valence-electron chi connectivity index (χ4n) is 10.2. The maximum absolute atomic E-state index is 5.69. The number of benzene rings is 6. The second kappa shape index (κ2) is 14.5. The monoisotopic (exact) mass is 788 g/mol. The normalized spacial score (nSPS) is 17.6. The minimum Gasteiger partial charge on any atom is -0.348 e. The van der Waals surface area contributed by atoms with Crippen molar-refractivity contribution in [2.45, 2.75) is 51.0 Å². The van der Waals surface area contributed by atoms with Gasteiger partial charge in [-0.15, -0.1) is 0 Å². The lowest BCUT2D eigenvalue weighted by atomic mass is 9.78. The molecular formula is C57H48N4. The molecule has 1 N–H and O–H groups in total. The van der Waals surface area contributed by atoms with Crippen LogP contribution in [0.25, 0.3) is 71.2 Å². The predicted octanol–water partition coefficient (Wildman–Crippen LogP) is 14.1. The number of hydrogen-bond acceptors (Lipinski definition) is 2. The first-order chi connectivity index (χ1) is 29.9. The van der Waals surface area contributed by atoms with E-state index in [2.05, 4.69) is 193 Å². The van der Waals surface area contributed by atoms with Gasteiger partial charge in [-0.25, -0.2) is 4.99 Å². The smallest absolute Gasteiger partial charge is 0.209 e. The fourth-order valence-corrected chi connectivity index (χ4v) is 10.2. The van der Waals surface area contributed by atoms with Crippen molar-refractivity contribution in [3.63, 3.8) is 0 Å². The van der Waals surface area contributed by atoms with Gasteiger partial charge in [0, 0.05) is 32.8 Å². The second-order valence-corrected chi connectivity index (χ2v) is 17.3. The average molecular weight is 789 g/mol. The zero-order valence-corrected chi connectivity index (χ0v) is 34.8. The van der Waals surface area contributed by atoms with E-state index in [1.807, 2.05) is 12.2 Å². The Hall–Kier alpha value is -7.17. The molecule has 3 aliphatic rings. The number of nitrogens with zero attached hydrogens (tertiary/aromatic N) is 3. The van der Waals surface area contributed by atoms with E-state index < -0.39 is 0 Å². The molecule has 1 aliphatic heterocycles. The van der Waals surface area contributed by atoms with Crippen molar-refractivity contribution in [3.8, 4) is 11.1 Å². The van der Waals surface area contributed by atoms with Gasteiger partial charge in [-0.3, -0.25) is 4.57 Å². The van der Waals surface area contributed by atoms with Crippen LogP contribution in [0.1, 0.15) is 44.2 Å². The summed E-state index contributed by atoms with van der Waals surface area (Å²) in [5, 5.41) is 11.3. The highest BCUT2D eigenvalue weighted by molar-refractivity contribution is 6.26. The maximum atomic E-state index is 5.69. The van der Waals surface area contributed by atoms with Gasteiger partial charge in [0.2, 0.25) is 5.96 Å². The highest BCUT2D eigenvalue weighted by Crippen LogP contribution is 2.43. The molecule has 3 heterocycles. The van der Waals surface area contributed by atoms with E-state index >= 15 is 0 Å². The van der Waals surface area contributed by atoms with E-state index in [0.29, 0.717) is 0 Å². The average Bonchev–Trinajstić information content (AvgIpc) is 3.83. The van der Waals surface area contributed by atoms with E-state index in [1.165, 1.54) is 60.2 Å². The van der Waals surface area contributed by atoms with Gasteiger partial charge in [-0.2, -0.15) is 0 Å². The molecule has 2 aliphatic carbocycles. The zero-order valence-electron chi connectivity index (χ0n) is 34.8. The first kappa shape index (κ1) is 36.9. The Labute approximate surface area is 357 Å². The largest absolute Gasteiger partial charge is 0.348 e. The molecular weight excluding hydrogens is 741 g/mol. The number of hydrogen-bond donors (Lipinski definition) is 1. The van der Waals surface area contributed by atoms with Crippen molar-refractivity contribution in [3.05, 3.63) is 211 Å². The molecule has 0 radical (unpaired) electrons. The molecule has 0 bridgehead atoms. The number of fused-ring (bicyclic) bond motifs is 10. The summed E-state index contributed by atoms with van der Waals surface area (Å²) in [5.41, 5.74) is 14.0. The number of aliphatic imine (C=N–C) groups is 1. The molecule has 8 aromatic rings. The molecule has 0 spiro atoms. The van der Waals surface area contributed by atoms with Gasteiger partial charge >= 0.3 is 0 Å². The number of aromatic nitrogens is 2. The minimum atomic E-state index is -0.0163. The van der Waals surface area contributed by atoms with E-state index in [9.17, 15) is 0 Å². The van der Waals surface area contributed by atoms with Crippen LogP contribution in [-0.2, 0) is 11.8 Å². The predicted molar refractivity (Wildman–Crippen MR) is 260 cm³/mol. The van der Waals surface area contributed by atoms with Crippen LogP contribution in [0, 0.1) is 0 Å². The molecule has 1 atom stereocenters. The molecule has 4 nitrogen and oxygen atoms in total. The summed E-state index contributed by atoms with van der Waals surface area (Å²) in [4.78, 5) is 5.69. The van der Waals surface area contributed by atoms with Crippen molar-refractivity contribution in [1.82, 2.24) is 14.5 Å². The summed E-state index contributed by atoms with van der Waals surface area (Å²) in [5.74, 6) is 0.865. The molecule has 4 heteroatoms. The van der Waals surface area contributed by atoms with Crippen LogP contribution in [-0.4, -0.2) is 21.1 Å². The molecule has 0 saturated heterocycles. The second-order valence-electron chi connectivity index (χ2n) is 17.3. The zero-order chi connectivity index (χ0) is 41.2. The van der Waals surface area contributed by atoms with Crippen LogP contribution >= 0.6 is 0 Å². The standard InChI is InChI=1S/C57H48N4/c1-5-6-18-37(2)60-50-29-15-11-23-42(50)43-32-31-40(35-52(43)60)47-36-53-54(44-24-9-8-22-41(44)47)46-26-12-16-30-51(46)61(53)56-58-49-28-14-10-25-45(49)55(59-56)39-21-17-20-38-19-7-13-27-48(38)57(3,4)34-33-39/h5-13,15-19,21-27,29-33,35-36,49H,1-2,14,20,28,34H2,3-4H3,(H,58,59)/b18-6-,21-17?,39-33?. The fraction of sp³-hybridized carbons (Fsp3) is 0.140. The van der Waals surface area contributed by atoms with Crippen LogP contribution in [0.5, 0.6) is 0 Å². The molecule has 0 saturated carbocycles. The Morgan fingerprint density at radius 3 is 2.34 bits per heavy atom. The highest BCUT2D eigenvalue weighted by Gasteiger charge is 2.30. The summed E-state index contributed by atoms with van der Waals surface area (Å²) in [6.07, 6.45) is 21.3. The highest BCUT2D eigenvalue weighted by atomic mass is 15.2. The summed E-state index contributed by atoms with van der Waals surface area (Å²) in [6.45, 7) is 13.2. The van der Waals surface area contributed by atoms with E-state index in [4.69, 9.17) is 4.99 Å². The molecule has 2 aromatic heterocycles. The SMILES string of the molecule is C=C/C=C\C(=C)n1c2ccccc2c2ccc(-c3cc4c(c5ccccc35)c3ccccc3n4C3=NC(C4=CCC(C)(C)c5ccccc5CC=C4)=C4C=CCCC4N3)cc21. The van der Waals surface area contributed by atoms with Gasteiger partial charge in [0.05, 0.1) is 33.8 Å². The Kier molecular flexibility index (Phi) is 8.78. The van der Waals surface area contributed by atoms with Crippen molar-refractivity contribution in [2.75, 3.05) is 0 Å². The van der Waals surface area contributed by atoms with E-state index in [-0.39, 0.29) is 11.5 Å². The first-order valence-electron chi connectivity index (χ1n) is 21.6. The van der Waals surface area contributed by atoms with Gasteiger partial charge in [-0.05, 0) is 100 Å². The molecule has 296 valence electrons. The summed E-state index contributed by atoms with van der Waals surface area (Å²) in [6, 6.07) is 44.7. The third-order valence-corrected chi connectivity index (χ3v) is 13.2. The lowest BCUT2D eigenvalue weighted by molar-refractivity contribution is 0.529. The van der Waals surface area contributed by atoms with Gasteiger partial charge in [-0.1, -0.05) is 167 Å².